The van der Waals surface area contributed by atoms with Crippen LogP contribution in [0.2, 0.25) is 0 Å². The summed E-state index contributed by atoms with van der Waals surface area (Å²) in [6, 6.07) is 4.82. The second-order valence-corrected chi connectivity index (χ2v) is 10.7. The molecule has 0 saturated carbocycles. The third-order valence-corrected chi connectivity index (χ3v) is 6.96. The maximum absolute atomic E-state index is 13.9. The van der Waals surface area contributed by atoms with Crippen molar-refractivity contribution in [3.05, 3.63) is 41.2 Å². The lowest BCUT2D eigenvalue weighted by Crippen LogP contribution is -2.30. The molecule has 2 aromatic heterocycles. The van der Waals surface area contributed by atoms with E-state index in [2.05, 4.69) is 10.3 Å². The first-order chi connectivity index (χ1) is 15.1. The minimum atomic E-state index is -3.03. The van der Waals surface area contributed by atoms with E-state index in [1.54, 1.807) is 11.0 Å². The lowest BCUT2D eigenvalue weighted by Gasteiger charge is -2.27. The average Bonchev–Trinajstić information content (AvgIpc) is 2.92. The summed E-state index contributed by atoms with van der Waals surface area (Å²) in [7, 11) is -3.03. The van der Waals surface area contributed by atoms with Gasteiger partial charge in [-0.3, -0.25) is 4.79 Å². The molecule has 172 valence electrons. The van der Waals surface area contributed by atoms with Crippen molar-refractivity contribution in [1.29, 1.82) is 4.78 Å². The third kappa shape index (κ3) is 5.06. The molecule has 0 radical (unpaired) electrons. The molecule has 1 amide bonds. The quantitative estimate of drug-likeness (QED) is 0.706. The Morgan fingerprint density at radius 1 is 1.19 bits per heavy atom. The van der Waals surface area contributed by atoms with Crippen LogP contribution in [0.1, 0.15) is 53.7 Å². The van der Waals surface area contributed by atoms with Gasteiger partial charge in [0.05, 0.1) is 15.3 Å². The number of halogens is 2. The fraction of sp³-hybridized carbons (Fsp3) is 0.500. The number of nitrogens with zero attached hydrogens (tertiary/aromatic N) is 3. The number of hydrogen-bond acceptors (Lipinski definition) is 6. The Balaban J connectivity index is 1.68. The molecule has 1 unspecified atom stereocenters. The molecule has 1 saturated heterocycles. The van der Waals surface area contributed by atoms with E-state index in [0.717, 1.165) is 36.9 Å². The Labute approximate surface area is 186 Å². The molecule has 1 atom stereocenters. The number of nitrogens with one attached hydrogen (secondary N) is 2. The van der Waals surface area contributed by atoms with Crippen LogP contribution in [0.25, 0.3) is 0 Å². The van der Waals surface area contributed by atoms with Gasteiger partial charge in [-0.25, -0.2) is 27.7 Å². The van der Waals surface area contributed by atoms with E-state index >= 15 is 0 Å². The monoisotopic (exact) mass is 463 g/mol. The lowest BCUT2D eigenvalue weighted by atomic mass is 9.94. The van der Waals surface area contributed by atoms with Crippen LogP contribution >= 0.6 is 0 Å². The highest BCUT2D eigenvalue weighted by Gasteiger charge is 2.33. The Kier molecular flexibility index (Phi) is 6.15. The number of anilines is 2. The second-order valence-electron chi connectivity index (χ2n) is 8.55. The number of carbonyl (C=O) groups excluding carboxylic acids is 1. The van der Waals surface area contributed by atoms with Crippen molar-refractivity contribution in [2.75, 3.05) is 29.6 Å². The minimum absolute atomic E-state index is 0.0776. The molecule has 1 aliphatic carbocycles. The van der Waals surface area contributed by atoms with Gasteiger partial charge in [-0.15, -0.1) is 0 Å². The van der Waals surface area contributed by atoms with Crippen molar-refractivity contribution < 1.29 is 17.8 Å². The van der Waals surface area contributed by atoms with E-state index < -0.39 is 21.6 Å². The fourth-order valence-electron chi connectivity index (χ4n) is 4.21. The predicted octanol–water partition coefficient (Wildman–Crippen LogP) is 4.27. The van der Waals surface area contributed by atoms with Crippen LogP contribution < -0.4 is 10.2 Å². The van der Waals surface area contributed by atoms with Crippen LogP contribution in [0.3, 0.4) is 0 Å². The summed E-state index contributed by atoms with van der Waals surface area (Å²) < 4.78 is 47.6. The minimum Gasteiger partial charge on any atom is -0.356 e. The van der Waals surface area contributed by atoms with Gasteiger partial charge in [0, 0.05) is 49.8 Å². The standard InChI is InChI=1S/C22H27F2N5O2S/c1-32(25,31)19-14-16(7-10-26-19)27-21(30)17-13-15-5-2-3-6-18(15)28-20(17)29-11-4-8-22(23,24)9-12-29/h7,10,13-14,25H,2-6,8-9,11-12H2,1H3,(H,26,27,30). The van der Waals surface area contributed by atoms with Crippen LogP contribution in [0.15, 0.2) is 29.4 Å². The number of fused-ring (bicyclic) bond motifs is 1. The summed E-state index contributed by atoms with van der Waals surface area (Å²) in [5.74, 6) is -2.68. The van der Waals surface area contributed by atoms with E-state index in [0.29, 0.717) is 30.0 Å². The SMILES string of the molecule is CS(=N)(=O)c1cc(NC(=O)c2cc3c(nc2N2CCCC(F)(F)CC2)CCCC3)ccn1. The zero-order valence-corrected chi connectivity index (χ0v) is 18.8. The Bertz CT molecular complexity index is 1140. The number of aromatic nitrogens is 2. The van der Waals surface area contributed by atoms with Crippen molar-refractivity contribution in [2.45, 2.75) is 55.9 Å². The number of aryl methyl sites for hydroxylation is 2. The molecule has 1 aliphatic heterocycles. The van der Waals surface area contributed by atoms with E-state index in [-0.39, 0.29) is 24.4 Å². The van der Waals surface area contributed by atoms with Crippen molar-refractivity contribution in [2.24, 2.45) is 0 Å². The summed E-state index contributed by atoms with van der Waals surface area (Å²) >= 11 is 0. The van der Waals surface area contributed by atoms with Gasteiger partial charge in [0.1, 0.15) is 10.8 Å². The first kappa shape index (κ1) is 22.6. The normalized spacial score (nSPS) is 20.0. The van der Waals surface area contributed by atoms with Crippen LogP contribution in [0, 0.1) is 4.78 Å². The van der Waals surface area contributed by atoms with Gasteiger partial charge >= 0.3 is 0 Å². The zero-order chi connectivity index (χ0) is 22.9. The molecule has 4 rings (SSSR count). The summed E-state index contributed by atoms with van der Waals surface area (Å²) in [5.41, 5.74) is 2.67. The van der Waals surface area contributed by atoms with Crippen LogP contribution in [-0.4, -0.2) is 45.4 Å². The summed E-state index contributed by atoms with van der Waals surface area (Å²) in [4.78, 5) is 23.8. The topological polar surface area (TPSA) is 99.0 Å². The molecule has 1 fully saturated rings. The second kappa shape index (κ2) is 8.73. The van der Waals surface area contributed by atoms with Crippen molar-refractivity contribution >= 4 is 27.1 Å². The van der Waals surface area contributed by atoms with Gasteiger partial charge < -0.3 is 10.2 Å². The summed E-state index contributed by atoms with van der Waals surface area (Å²) in [6.07, 6.45) is 6.24. The lowest BCUT2D eigenvalue weighted by molar-refractivity contribution is -0.0102. The maximum Gasteiger partial charge on any atom is 0.259 e. The Morgan fingerprint density at radius 2 is 1.97 bits per heavy atom. The van der Waals surface area contributed by atoms with Crippen molar-refractivity contribution in [3.8, 4) is 0 Å². The predicted molar refractivity (Wildman–Crippen MR) is 119 cm³/mol. The number of alkyl halides is 2. The van der Waals surface area contributed by atoms with Gasteiger partial charge in [0.2, 0.25) is 5.92 Å². The highest BCUT2D eigenvalue weighted by Crippen LogP contribution is 2.33. The maximum atomic E-state index is 13.9. The molecule has 7 nitrogen and oxygen atoms in total. The number of carbonyl (C=O) groups is 1. The first-order valence-electron chi connectivity index (χ1n) is 10.8. The molecular weight excluding hydrogens is 436 g/mol. The molecule has 3 heterocycles. The molecule has 32 heavy (non-hydrogen) atoms. The Morgan fingerprint density at radius 3 is 2.75 bits per heavy atom. The molecule has 0 aromatic carbocycles. The highest BCUT2D eigenvalue weighted by atomic mass is 32.2. The van der Waals surface area contributed by atoms with Crippen LogP contribution in [-0.2, 0) is 22.6 Å². The summed E-state index contributed by atoms with van der Waals surface area (Å²) in [5, 5.41) is 2.86. The van der Waals surface area contributed by atoms with E-state index in [9.17, 15) is 17.8 Å². The molecule has 10 heteroatoms. The average molecular weight is 464 g/mol. The van der Waals surface area contributed by atoms with Crippen molar-refractivity contribution in [3.63, 3.8) is 0 Å². The van der Waals surface area contributed by atoms with Gasteiger partial charge in [-0.2, -0.15) is 0 Å². The molecule has 2 aromatic rings. The molecule has 0 spiro atoms. The molecular formula is C22H27F2N5O2S. The van der Waals surface area contributed by atoms with Gasteiger partial charge in [0.25, 0.3) is 5.91 Å². The molecule has 2 aliphatic rings. The Hall–Kier alpha value is -2.62. The third-order valence-electron chi connectivity index (χ3n) is 5.93. The van der Waals surface area contributed by atoms with Gasteiger partial charge in [-0.1, -0.05) is 0 Å². The largest absolute Gasteiger partial charge is 0.356 e. The van der Waals surface area contributed by atoms with E-state index in [4.69, 9.17) is 9.76 Å². The van der Waals surface area contributed by atoms with E-state index in [1.807, 2.05) is 6.07 Å². The summed E-state index contributed by atoms with van der Waals surface area (Å²) in [6.45, 7) is 0.549. The fourth-order valence-corrected chi connectivity index (χ4v) is 4.82. The van der Waals surface area contributed by atoms with E-state index in [1.165, 1.54) is 18.5 Å². The smallest absolute Gasteiger partial charge is 0.259 e. The van der Waals surface area contributed by atoms with Crippen molar-refractivity contribution in [1.82, 2.24) is 9.97 Å². The van der Waals surface area contributed by atoms with Crippen LogP contribution in [0.4, 0.5) is 20.3 Å². The molecule has 0 bridgehead atoms. The molecule has 2 N–H and O–H groups in total. The number of amides is 1. The number of rotatable bonds is 4. The number of pyridine rings is 2. The highest BCUT2D eigenvalue weighted by molar-refractivity contribution is 7.91. The first-order valence-corrected chi connectivity index (χ1v) is 12.8. The van der Waals surface area contributed by atoms with Crippen LogP contribution in [0.5, 0.6) is 0 Å². The zero-order valence-electron chi connectivity index (χ0n) is 18.0. The van der Waals surface area contributed by atoms with Gasteiger partial charge in [0.15, 0.2) is 0 Å². The van der Waals surface area contributed by atoms with Gasteiger partial charge in [-0.05, 0) is 55.9 Å². The number of hydrogen-bond donors (Lipinski definition) is 2.